The first kappa shape index (κ1) is 17.7. The van der Waals surface area contributed by atoms with Crippen LogP contribution in [0.25, 0.3) is 10.9 Å². The highest BCUT2D eigenvalue weighted by Crippen LogP contribution is 2.35. The van der Waals surface area contributed by atoms with Crippen LogP contribution in [0.2, 0.25) is 0 Å². The first-order valence-electron chi connectivity index (χ1n) is 9.00. The number of carbonyl (C=O) groups excluding carboxylic acids is 1. The zero-order valence-corrected chi connectivity index (χ0v) is 15.0. The molecule has 138 valence electrons. The van der Waals surface area contributed by atoms with Crippen molar-refractivity contribution in [3.05, 3.63) is 118 Å². The largest absolute Gasteiger partial charge is 0.361 e. The van der Waals surface area contributed by atoms with Crippen molar-refractivity contribution in [3.63, 3.8) is 0 Å². The fraction of sp³-hybridized carbons (Fsp3) is 0.0870. The number of nitrogens with one attached hydrogen (secondary N) is 1. The second-order valence-electron chi connectivity index (χ2n) is 6.64. The molecule has 0 saturated carbocycles. The molecule has 4 aromatic rings. The van der Waals surface area contributed by atoms with Gasteiger partial charge in [0.2, 0.25) is 5.78 Å². The van der Waals surface area contributed by atoms with Gasteiger partial charge >= 0.3 is 0 Å². The topological polar surface area (TPSA) is 76.0 Å². The molecule has 1 aromatic heterocycles. The van der Waals surface area contributed by atoms with Crippen LogP contribution in [0, 0.1) is 10.1 Å². The summed E-state index contributed by atoms with van der Waals surface area (Å²) in [4.78, 5) is 28.0. The van der Waals surface area contributed by atoms with E-state index in [4.69, 9.17) is 0 Å². The first-order chi connectivity index (χ1) is 13.7. The molecule has 0 amide bonds. The van der Waals surface area contributed by atoms with Crippen LogP contribution in [0.5, 0.6) is 0 Å². The Labute approximate surface area is 161 Å². The summed E-state index contributed by atoms with van der Waals surface area (Å²) in [6, 6.07) is 23.9. The number of para-hydroxylation sites is 1. The summed E-state index contributed by atoms with van der Waals surface area (Å²) >= 11 is 0. The van der Waals surface area contributed by atoms with Crippen molar-refractivity contribution in [3.8, 4) is 0 Å². The van der Waals surface area contributed by atoms with Gasteiger partial charge in [0, 0.05) is 27.6 Å². The Morgan fingerprint density at radius 2 is 1.46 bits per heavy atom. The SMILES string of the molecule is O=C(c1ccccc1)[C@H]([C@@H](c1ccccc1)c1c[nH]c2ccccc12)[N+](=O)[O-]. The summed E-state index contributed by atoms with van der Waals surface area (Å²) in [7, 11) is 0. The second kappa shape index (κ2) is 7.48. The number of hydrogen-bond acceptors (Lipinski definition) is 3. The number of aromatic amines is 1. The Hall–Kier alpha value is -3.73. The molecule has 1 N–H and O–H groups in total. The van der Waals surface area contributed by atoms with Gasteiger partial charge in [0.25, 0.3) is 6.04 Å². The van der Waals surface area contributed by atoms with Gasteiger partial charge in [-0.15, -0.1) is 0 Å². The molecule has 2 atom stereocenters. The van der Waals surface area contributed by atoms with E-state index in [1.807, 2.05) is 54.6 Å². The maximum atomic E-state index is 13.2. The van der Waals surface area contributed by atoms with Gasteiger partial charge in [0.15, 0.2) is 0 Å². The predicted molar refractivity (Wildman–Crippen MR) is 108 cm³/mol. The molecule has 0 aliphatic rings. The van der Waals surface area contributed by atoms with Crippen LogP contribution in [0.1, 0.15) is 27.4 Å². The maximum absolute atomic E-state index is 13.2. The highest BCUT2D eigenvalue weighted by atomic mass is 16.6. The zero-order chi connectivity index (χ0) is 19.5. The van der Waals surface area contributed by atoms with E-state index in [2.05, 4.69) is 4.98 Å². The average Bonchev–Trinajstić information content (AvgIpc) is 3.16. The molecule has 0 spiro atoms. The second-order valence-corrected chi connectivity index (χ2v) is 6.64. The molecule has 3 aromatic carbocycles. The lowest BCUT2D eigenvalue weighted by molar-refractivity contribution is -0.507. The zero-order valence-electron chi connectivity index (χ0n) is 15.0. The number of fused-ring (bicyclic) bond motifs is 1. The van der Waals surface area contributed by atoms with Crippen LogP contribution < -0.4 is 0 Å². The molecule has 5 heteroatoms. The number of nitrogens with zero attached hydrogens (tertiary/aromatic N) is 1. The van der Waals surface area contributed by atoms with Crippen molar-refractivity contribution in [1.29, 1.82) is 0 Å². The Kier molecular flexibility index (Phi) is 4.72. The van der Waals surface area contributed by atoms with Crippen molar-refractivity contribution < 1.29 is 9.72 Å². The van der Waals surface area contributed by atoms with E-state index in [9.17, 15) is 14.9 Å². The average molecular weight is 370 g/mol. The molecule has 28 heavy (non-hydrogen) atoms. The maximum Gasteiger partial charge on any atom is 0.285 e. The Bertz CT molecular complexity index is 1120. The molecule has 0 aliphatic heterocycles. The van der Waals surface area contributed by atoms with Crippen molar-refractivity contribution in [2.75, 3.05) is 0 Å². The molecule has 4 rings (SSSR count). The molecule has 0 fully saturated rings. The van der Waals surface area contributed by atoms with Gasteiger partial charge in [-0.1, -0.05) is 78.9 Å². The predicted octanol–water partition coefficient (Wildman–Crippen LogP) is 4.83. The number of hydrogen-bond donors (Lipinski definition) is 1. The molecule has 0 saturated heterocycles. The van der Waals surface area contributed by atoms with Crippen LogP contribution in [-0.4, -0.2) is 21.7 Å². The minimum absolute atomic E-state index is 0.338. The van der Waals surface area contributed by atoms with Crippen molar-refractivity contribution in [2.45, 2.75) is 12.0 Å². The number of ketones is 1. The van der Waals surface area contributed by atoms with Crippen molar-refractivity contribution in [1.82, 2.24) is 4.98 Å². The van der Waals surface area contributed by atoms with Gasteiger partial charge in [-0.25, -0.2) is 0 Å². The van der Waals surface area contributed by atoms with E-state index in [1.165, 1.54) is 0 Å². The molecule has 5 nitrogen and oxygen atoms in total. The van der Waals surface area contributed by atoms with Crippen LogP contribution >= 0.6 is 0 Å². The lowest BCUT2D eigenvalue weighted by atomic mass is 9.82. The van der Waals surface area contributed by atoms with Crippen molar-refractivity contribution in [2.24, 2.45) is 0 Å². The summed E-state index contributed by atoms with van der Waals surface area (Å²) in [5.74, 6) is -1.20. The standard InChI is InChI=1S/C23H18N2O3/c26-23(17-11-5-2-6-12-17)22(25(27)28)21(16-9-3-1-4-10-16)19-15-24-20-14-8-7-13-18(19)20/h1-15,21-22,24H/t21-,22-/m0/s1. The molecular weight excluding hydrogens is 352 g/mol. The summed E-state index contributed by atoms with van der Waals surface area (Å²) < 4.78 is 0. The lowest BCUT2D eigenvalue weighted by Gasteiger charge is -2.20. The number of nitro groups is 1. The fourth-order valence-corrected chi connectivity index (χ4v) is 3.69. The quantitative estimate of drug-likeness (QED) is 0.300. The normalized spacial score (nSPS) is 13.1. The summed E-state index contributed by atoms with van der Waals surface area (Å²) in [6.45, 7) is 0. The van der Waals surface area contributed by atoms with E-state index in [-0.39, 0.29) is 0 Å². The van der Waals surface area contributed by atoms with E-state index >= 15 is 0 Å². The Morgan fingerprint density at radius 1 is 0.857 bits per heavy atom. The van der Waals surface area contributed by atoms with E-state index in [0.717, 1.165) is 22.0 Å². The monoisotopic (exact) mass is 370 g/mol. The minimum Gasteiger partial charge on any atom is -0.361 e. The lowest BCUT2D eigenvalue weighted by Crippen LogP contribution is -2.36. The van der Waals surface area contributed by atoms with Crippen LogP contribution in [0.4, 0.5) is 0 Å². The van der Waals surface area contributed by atoms with Crippen LogP contribution in [0.15, 0.2) is 91.1 Å². The number of benzene rings is 3. The van der Waals surface area contributed by atoms with Gasteiger partial charge in [-0.3, -0.25) is 14.9 Å². The molecule has 0 radical (unpaired) electrons. The molecule has 0 bridgehead atoms. The number of rotatable bonds is 6. The molecule has 0 unspecified atom stereocenters. The van der Waals surface area contributed by atoms with Gasteiger partial charge in [0.05, 0.1) is 5.92 Å². The first-order valence-corrected chi connectivity index (χ1v) is 9.00. The van der Waals surface area contributed by atoms with E-state index in [0.29, 0.717) is 5.56 Å². The molecule has 1 heterocycles. The number of carbonyl (C=O) groups is 1. The van der Waals surface area contributed by atoms with Gasteiger partial charge < -0.3 is 4.98 Å². The Morgan fingerprint density at radius 3 is 2.14 bits per heavy atom. The third kappa shape index (κ3) is 3.18. The van der Waals surface area contributed by atoms with Gasteiger partial charge in [-0.2, -0.15) is 0 Å². The minimum atomic E-state index is -1.43. The van der Waals surface area contributed by atoms with E-state index in [1.54, 1.807) is 36.5 Å². The van der Waals surface area contributed by atoms with Gasteiger partial charge in [0.1, 0.15) is 0 Å². The third-order valence-corrected chi connectivity index (χ3v) is 4.98. The smallest absolute Gasteiger partial charge is 0.285 e. The number of aromatic nitrogens is 1. The number of Topliss-reactive ketones (excluding diaryl/α,β-unsaturated/α-hetero) is 1. The van der Waals surface area contributed by atoms with E-state index < -0.39 is 22.7 Å². The van der Waals surface area contributed by atoms with Crippen LogP contribution in [-0.2, 0) is 0 Å². The molecular formula is C23H18N2O3. The summed E-state index contributed by atoms with van der Waals surface area (Å²) in [5, 5.41) is 13.0. The van der Waals surface area contributed by atoms with Gasteiger partial charge in [-0.05, 0) is 17.2 Å². The highest BCUT2D eigenvalue weighted by molar-refractivity contribution is 6.00. The van der Waals surface area contributed by atoms with Crippen LogP contribution in [0.3, 0.4) is 0 Å². The number of H-pyrrole nitrogens is 1. The summed E-state index contributed by atoms with van der Waals surface area (Å²) in [5.41, 5.74) is 2.70. The summed E-state index contributed by atoms with van der Waals surface area (Å²) in [6.07, 6.45) is 1.77. The van der Waals surface area contributed by atoms with Crippen molar-refractivity contribution >= 4 is 16.7 Å². The highest BCUT2D eigenvalue weighted by Gasteiger charge is 2.42. The third-order valence-electron chi connectivity index (χ3n) is 4.98. The molecule has 0 aliphatic carbocycles. The Balaban J connectivity index is 1.91. The fourth-order valence-electron chi connectivity index (χ4n) is 3.69.